The number of pyridine rings is 1. The van der Waals surface area contributed by atoms with Gasteiger partial charge < -0.3 is 0 Å². The van der Waals surface area contributed by atoms with Gasteiger partial charge in [0.1, 0.15) is 21.3 Å². The van der Waals surface area contributed by atoms with E-state index in [1.54, 1.807) is 47.5 Å². The molecule has 5 nitrogen and oxygen atoms in total. The van der Waals surface area contributed by atoms with E-state index in [1.165, 1.54) is 14.8 Å². The monoisotopic (exact) mass is 402 g/mol. The number of fused-ring (bicyclic) bond motifs is 2. The number of rotatable bonds is 3. The van der Waals surface area contributed by atoms with Crippen molar-refractivity contribution in [2.45, 2.75) is 31.6 Å². The van der Waals surface area contributed by atoms with Crippen LogP contribution in [0.4, 0.5) is 0 Å². The van der Waals surface area contributed by atoms with Gasteiger partial charge in [0.2, 0.25) is 0 Å². The summed E-state index contributed by atoms with van der Waals surface area (Å²) in [5.74, 6) is 1.32. The third-order valence-electron chi connectivity index (χ3n) is 4.14. The van der Waals surface area contributed by atoms with Crippen LogP contribution in [-0.4, -0.2) is 19.4 Å². The summed E-state index contributed by atoms with van der Waals surface area (Å²) in [5.41, 5.74) is 2.38. The van der Waals surface area contributed by atoms with E-state index in [1.807, 2.05) is 6.92 Å². The SMILES string of the molecule is Cc1nc(SCc2cc(=O)n3cc(Cl)ccc3n2)c2c(C)c(C)sc2n1. The lowest BCUT2D eigenvalue weighted by atomic mass is 10.2. The minimum absolute atomic E-state index is 0.139. The van der Waals surface area contributed by atoms with Gasteiger partial charge in [-0.1, -0.05) is 23.4 Å². The van der Waals surface area contributed by atoms with Gasteiger partial charge in [0, 0.05) is 28.3 Å². The molecule has 0 saturated heterocycles. The summed E-state index contributed by atoms with van der Waals surface area (Å²) >= 11 is 9.23. The summed E-state index contributed by atoms with van der Waals surface area (Å²) in [6.07, 6.45) is 1.58. The van der Waals surface area contributed by atoms with Crippen LogP contribution >= 0.6 is 34.7 Å². The van der Waals surface area contributed by atoms with Crippen LogP contribution in [0, 0.1) is 20.8 Å². The minimum atomic E-state index is -0.139. The Morgan fingerprint density at radius 1 is 1.19 bits per heavy atom. The molecular formula is C18H15ClN4OS2. The van der Waals surface area contributed by atoms with E-state index in [0.29, 0.717) is 16.4 Å². The van der Waals surface area contributed by atoms with Crippen molar-refractivity contribution in [3.8, 4) is 0 Å². The molecule has 0 atom stereocenters. The fourth-order valence-corrected chi connectivity index (χ4v) is 5.08. The molecule has 0 radical (unpaired) electrons. The third kappa shape index (κ3) is 3.11. The Morgan fingerprint density at radius 3 is 2.81 bits per heavy atom. The molecule has 4 heterocycles. The highest BCUT2D eigenvalue weighted by molar-refractivity contribution is 7.98. The Hall–Kier alpha value is -1.96. The smallest absolute Gasteiger partial charge is 0.258 e. The zero-order valence-electron chi connectivity index (χ0n) is 14.4. The zero-order valence-corrected chi connectivity index (χ0v) is 16.8. The summed E-state index contributed by atoms with van der Waals surface area (Å²) in [6, 6.07) is 5.03. The predicted molar refractivity (Wildman–Crippen MR) is 108 cm³/mol. The molecule has 0 aliphatic heterocycles. The molecule has 132 valence electrons. The molecule has 0 N–H and O–H groups in total. The third-order valence-corrected chi connectivity index (χ3v) is 6.47. The second-order valence-corrected chi connectivity index (χ2v) is 8.59. The van der Waals surface area contributed by atoms with E-state index >= 15 is 0 Å². The fraction of sp³-hybridized carbons (Fsp3) is 0.222. The molecule has 4 aromatic heterocycles. The van der Waals surface area contributed by atoms with Crippen molar-refractivity contribution >= 4 is 50.6 Å². The van der Waals surface area contributed by atoms with Crippen LogP contribution in [0.25, 0.3) is 15.9 Å². The van der Waals surface area contributed by atoms with Crippen LogP contribution in [-0.2, 0) is 5.75 Å². The lowest BCUT2D eigenvalue weighted by Gasteiger charge is -2.06. The average molecular weight is 403 g/mol. The van der Waals surface area contributed by atoms with Crippen molar-refractivity contribution in [1.29, 1.82) is 0 Å². The number of hydrogen-bond donors (Lipinski definition) is 0. The summed E-state index contributed by atoms with van der Waals surface area (Å²) in [7, 11) is 0. The number of nitrogens with zero attached hydrogens (tertiary/aromatic N) is 4. The van der Waals surface area contributed by atoms with Gasteiger partial charge in [0.15, 0.2) is 0 Å². The molecule has 0 bridgehead atoms. The molecule has 4 aromatic rings. The maximum Gasteiger partial charge on any atom is 0.258 e. The van der Waals surface area contributed by atoms with Crippen molar-refractivity contribution in [2.75, 3.05) is 0 Å². The summed E-state index contributed by atoms with van der Waals surface area (Å²) in [5, 5.41) is 2.55. The standard InChI is InChI=1S/C18H15ClN4OS2/c1-9-10(2)26-18-16(9)17(20-11(3)21-18)25-8-13-6-15(24)23-7-12(19)4-5-14(23)22-13/h4-7H,8H2,1-3H3. The van der Waals surface area contributed by atoms with E-state index in [-0.39, 0.29) is 5.56 Å². The lowest BCUT2D eigenvalue weighted by molar-refractivity contribution is 0.999. The number of aryl methyl sites for hydroxylation is 3. The Labute approximate surface area is 163 Å². The van der Waals surface area contributed by atoms with Crippen molar-refractivity contribution in [2.24, 2.45) is 0 Å². The van der Waals surface area contributed by atoms with Gasteiger partial charge in [-0.15, -0.1) is 11.3 Å². The van der Waals surface area contributed by atoms with Crippen LogP contribution in [0.3, 0.4) is 0 Å². The first kappa shape index (κ1) is 17.5. The molecule has 0 fully saturated rings. The first-order chi connectivity index (χ1) is 12.4. The highest BCUT2D eigenvalue weighted by atomic mass is 35.5. The molecule has 0 aliphatic rings. The highest BCUT2D eigenvalue weighted by Crippen LogP contribution is 2.35. The summed E-state index contributed by atoms with van der Waals surface area (Å²) in [6.45, 7) is 6.10. The van der Waals surface area contributed by atoms with Gasteiger partial charge >= 0.3 is 0 Å². The van der Waals surface area contributed by atoms with Gasteiger partial charge in [-0.25, -0.2) is 15.0 Å². The minimum Gasteiger partial charge on any atom is -0.269 e. The average Bonchev–Trinajstić information content (AvgIpc) is 2.87. The van der Waals surface area contributed by atoms with Crippen molar-refractivity contribution in [3.05, 3.63) is 61.7 Å². The van der Waals surface area contributed by atoms with E-state index in [2.05, 4.69) is 28.8 Å². The first-order valence-corrected chi connectivity index (χ1v) is 10.2. The second kappa shape index (κ2) is 6.64. The first-order valence-electron chi connectivity index (χ1n) is 7.97. The van der Waals surface area contributed by atoms with Crippen molar-refractivity contribution in [3.63, 3.8) is 0 Å². The number of halogens is 1. The summed E-state index contributed by atoms with van der Waals surface area (Å²) < 4.78 is 1.45. The predicted octanol–water partition coefficient (Wildman–Crippen LogP) is 4.57. The topological polar surface area (TPSA) is 60.2 Å². The Kier molecular flexibility index (Phi) is 4.46. The van der Waals surface area contributed by atoms with Gasteiger partial charge in [0.25, 0.3) is 5.56 Å². The van der Waals surface area contributed by atoms with Crippen molar-refractivity contribution < 1.29 is 0 Å². The molecule has 0 saturated carbocycles. The van der Waals surface area contributed by atoms with Gasteiger partial charge in [-0.3, -0.25) is 9.20 Å². The van der Waals surface area contributed by atoms with Crippen LogP contribution in [0.2, 0.25) is 5.02 Å². The Bertz CT molecular complexity index is 1220. The van der Waals surface area contributed by atoms with Crippen molar-refractivity contribution in [1.82, 2.24) is 19.4 Å². The fourth-order valence-electron chi connectivity index (χ4n) is 2.76. The maximum atomic E-state index is 12.3. The van der Waals surface area contributed by atoms with Crippen LogP contribution in [0.5, 0.6) is 0 Å². The number of aromatic nitrogens is 4. The number of thioether (sulfide) groups is 1. The quantitative estimate of drug-likeness (QED) is 0.371. The van der Waals surface area contributed by atoms with E-state index in [9.17, 15) is 4.79 Å². The molecule has 8 heteroatoms. The molecule has 0 aliphatic carbocycles. The van der Waals surface area contributed by atoms with E-state index in [0.717, 1.165) is 26.8 Å². The molecule has 4 rings (SSSR count). The summed E-state index contributed by atoms with van der Waals surface area (Å²) in [4.78, 5) is 28.3. The van der Waals surface area contributed by atoms with Crippen LogP contribution in [0.15, 0.2) is 34.2 Å². The molecule has 0 aromatic carbocycles. The molecular weight excluding hydrogens is 388 g/mol. The molecule has 26 heavy (non-hydrogen) atoms. The molecule has 0 amide bonds. The second-order valence-electron chi connectivity index (χ2n) is 5.99. The van der Waals surface area contributed by atoms with E-state index < -0.39 is 0 Å². The largest absolute Gasteiger partial charge is 0.269 e. The van der Waals surface area contributed by atoms with Gasteiger partial charge in [-0.2, -0.15) is 0 Å². The number of hydrogen-bond acceptors (Lipinski definition) is 6. The van der Waals surface area contributed by atoms with E-state index in [4.69, 9.17) is 11.6 Å². The molecule has 0 spiro atoms. The Morgan fingerprint density at radius 2 is 2.00 bits per heavy atom. The Balaban J connectivity index is 1.72. The lowest BCUT2D eigenvalue weighted by Crippen LogP contribution is -2.15. The van der Waals surface area contributed by atoms with Crippen LogP contribution in [0.1, 0.15) is 22.0 Å². The normalized spacial score (nSPS) is 11.5. The van der Waals surface area contributed by atoms with Gasteiger partial charge in [-0.05, 0) is 38.5 Å². The van der Waals surface area contributed by atoms with Crippen LogP contribution < -0.4 is 5.56 Å². The van der Waals surface area contributed by atoms with Gasteiger partial charge in [0.05, 0.1) is 10.7 Å². The number of thiophene rings is 1. The highest BCUT2D eigenvalue weighted by Gasteiger charge is 2.14. The maximum absolute atomic E-state index is 12.3. The zero-order chi connectivity index (χ0) is 18.4. The molecule has 0 unspecified atom stereocenters.